The number of alkyl halides is 3. The van der Waals surface area contributed by atoms with Gasteiger partial charge in [-0.3, -0.25) is 9.59 Å². The second kappa shape index (κ2) is 6.51. The van der Waals surface area contributed by atoms with Crippen molar-refractivity contribution >= 4 is 27.5 Å². The van der Waals surface area contributed by atoms with Crippen molar-refractivity contribution in [3.05, 3.63) is 23.6 Å². The molecule has 3 fully saturated rings. The summed E-state index contributed by atoms with van der Waals surface area (Å²) in [7, 11) is 0. The van der Waals surface area contributed by atoms with Gasteiger partial charge in [-0.2, -0.15) is 0 Å². The van der Waals surface area contributed by atoms with E-state index in [4.69, 9.17) is 0 Å². The fraction of sp³-hybridized carbons (Fsp3) is 0.727. The number of Topliss-reactive ketones (excluding diaryl/α,β-unsaturated/α-hetero) is 1. The largest absolute Gasteiger partial charge is 0.390 e. The Morgan fingerprint density at radius 1 is 1.30 bits per heavy atom. The highest BCUT2D eigenvalue weighted by atomic mass is 79.9. The maximum absolute atomic E-state index is 16.9. The standard InChI is InChI=1S/C22H26BrF3O4/c1-10-6-11-12-7-13(24)17-18(25)14(27)4-5-19(17,2)21(12,26)15(28)8-20(11,3)22(10,30)16(29)9-23/h4-5,10-13,15,28,30H,6-9H2,1-3H3/t10-,11+,12+,13+,15+,19+,20+,21+,22+/m1/s1. The second-order valence-corrected chi connectivity index (χ2v) is 10.5. The van der Waals surface area contributed by atoms with Crippen LogP contribution in [0.1, 0.15) is 40.0 Å². The molecule has 8 heteroatoms. The van der Waals surface area contributed by atoms with Crippen LogP contribution >= 0.6 is 15.9 Å². The Balaban J connectivity index is 1.89. The summed E-state index contributed by atoms with van der Waals surface area (Å²) in [5, 5.41) is 22.5. The molecule has 0 aromatic heterocycles. The number of rotatable bonds is 2. The lowest BCUT2D eigenvalue weighted by molar-refractivity contribution is -0.223. The molecule has 0 bridgehead atoms. The molecule has 166 valence electrons. The predicted octanol–water partition coefficient (Wildman–Crippen LogP) is 3.54. The lowest BCUT2D eigenvalue weighted by Crippen LogP contribution is -2.70. The summed E-state index contributed by atoms with van der Waals surface area (Å²) in [5.41, 5.74) is -7.78. The zero-order valence-electron chi connectivity index (χ0n) is 17.1. The molecule has 4 nitrogen and oxygen atoms in total. The summed E-state index contributed by atoms with van der Waals surface area (Å²) in [4.78, 5) is 24.5. The van der Waals surface area contributed by atoms with Crippen LogP contribution in [-0.2, 0) is 9.59 Å². The highest BCUT2D eigenvalue weighted by Gasteiger charge is 2.76. The molecule has 4 aliphatic carbocycles. The molecule has 0 aromatic carbocycles. The van der Waals surface area contributed by atoms with Gasteiger partial charge >= 0.3 is 0 Å². The first-order valence-electron chi connectivity index (χ1n) is 10.3. The Hall–Kier alpha value is -0.990. The predicted molar refractivity (Wildman–Crippen MR) is 107 cm³/mol. The van der Waals surface area contributed by atoms with Crippen LogP contribution in [0, 0.1) is 28.6 Å². The molecular weight excluding hydrogens is 465 g/mol. The van der Waals surface area contributed by atoms with Crippen LogP contribution < -0.4 is 0 Å². The molecule has 0 aliphatic heterocycles. The lowest BCUT2D eigenvalue weighted by atomic mass is 9.44. The molecule has 0 radical (unpaired) electrons. The number of allylic oxidation sites excluding steroid dienone is 4. The van der Waals surface area contributed by atoms with Crippen molar-refractivity contribution in [2.75, 3.05) is 5.33 Å². The average molecular weight is 491 g/mol. The maximum atomic E-state index is 16.9. The number of hydrogen-bond acceptors (Lipinski definition) is 4. The molecule has 2 N–H and O–H groups in total. The third-order valence-corrected chi connectivity index (χ3v) is 9.34. The van der Waals surface area contributed by atoms with Crippen molar-refractivity contribution in [1.82, 2.24) is 0 Å². The second-order valence-electron chi connectivity index (χ2n) is 9.91. The van der Waals surface area contributed by atoms with Crippen LogP contribution in [0.4, 0.5) is 13.2 Å². The number of fused-ring (bicyclic) bond motifs is 5. The van der Waals surface area contributed by atoms with Crippen LogP contribution in [-0.4, -0.2) is 50.7 Å². The highest BCUT2D eigenvalue weighted by molar-refractivity contribution is 9.09. The number of ketones is 2. The van der Waals surface area contributed by atoms with Crippen LogP contribution in [0.3, 0.4) is 0 Å². The Labute approximate surface area is 181 Å². The van der Waals surface area contributed by atoms with Gasteiger partial charge in [0, 0.05) is 22.3 Å². The quantitative estimate of drug-likeness (QED) is 0.580. The van der Waals surface area contributed by atoms with Crippen molar-refractivity contribution in [2.45, 2.75) is 63.6 Å². The van der Waals surface area contributed by atoms with Gasteiger partial charge in [0.1, 0.15) is 11.8 Å². The van der Waals surface area contributed by atoms with Gasteiger partial charge in [-0.25, -0.2) is 13.2 Å². The Kier molecular flexibility index (Phi) is 4.82. The van der Waals surface area contributed by atoms with E-state index in [1.54, 1.807) is 13.8 Å². The van der Waals surface area contributed by atoms with E-state index in [1.807, 2.05) is 0 Å². The molecule has 0 aromatic rings. The summed E-state index contributed by atoms with van der Waals surface area (Å²) >= 11 is 3.10. The number of aliphatic hydroxyl groups is 2. The summed E-state index contributed by atoms with van der Waals surface area (Å²) in [5.74, 6) is -4.93. The minimum Gasteiger partial charge on any atom is -0.390 e. The lowest BCUT2D eigenvalue weighted by Gasteiger charge is -2.63. The average Bonchev–Trinajstić information content (AvgIpc) is 2.88. The van der Waals surface area contributed by atoms with E-state index in [9.17, 15) is 24.2 Å². The Morgan fingerprint density at radius 2 is 1.93 bits per heavy atom. The van der Waals surface area contributed by atoms with Crippen LogP contribution in [0.15, 0.2) is 23.6 Å². The van der Waals surface area contributed by atoms with Crippen molar-refractivity contribution in [1.29, 1.82) is 0 Å². The molecule has 3 saturated carbocycles. The zero-order chi connectivity index (χ0) is 22.4. The highest BCUT2D eigenvalue weighted by Crippen LogP contribution is 2.71. The molecule has 0 amide bonds. The van der Waals surface area contributed by atoms with Gasteiger partial charge in [-0.15, -0.1) is 0 Å². The summed E-state index contributed by atoms with van der Waals surface area (Å²) in [6.45, 7) is 4.69. The molecule has 9 atom stereocenters. The van der Waals surface area contributed by atoms with Gasteiger partial charge < -0.3 is 10.2 Å². The van der Waals surface area contributed by atoms with Crippen molar-refractivity contribution in [3.8, 4) is 0 Å². The minimum absolute atomic E-state index is 0.0932. The van der Waals surface area contributed by atoms with Gasteiger partial charge in [0.05, 0.1) is 11.4 Å². The van der Waals surface area contributed by atoms with E-state index in [0.717, 1.165) is 6.08 Å². The summed E-state index contributed by atoms with van der Waals surface area (Å²) in [6, 6.07) is 0. The molecule has 4 aliphatic rings. The smallest absolute Gasteiger partial charge is 0.213 e. The van der Waals surface area contributed by atoms with Gasteiger partial charge in [0.25, 0.3) is 0 Å². The first-order valence-corrected chi connectivity index (χ1v) is 11.4. The molecule has 0 saturated heterocycles. The van der Waals surface area contributed by atoms with E-state index in [1.165, 1.54) is 13.0 Å². The third kappa shape index (κ3) is 2.26. The van der Waals surface area contributed by atoms with E-state index in [-0.39, 0.29) is 18.2 Å². The first-order chi connectivity index (χ1) is 13.8. The van der Waals surface area contributed by atoms with Gasteiger partial charge in [0.2, 0.25) is 5.78 Å². The van der Waals surface area contributed by atoms with Crippen molar-refractivity contribution < 1.29 is 33.0 Å². The zero-order valence-corrected chi connectivity index (χ0v) is 18.7. The van der Waals surface area contributed by atoms with Crippen LogP contribution in [0.5, 0.6) is 0 Å². The number of hydrogen-bond donors (Lipinski definition) is 2. The normalized spacial score (nSPS) is 52.7. The van der Waals surface area contributed by atoms with E-state index in [0.29, 0.717) is 0 Å². The Morgan fingerprint density at radius 3 is 2.53 bits per heavy atom. The van der Waals surface area contributed by atoms with Crippen molar-refractivity contribution in [2.24, 2.45) is 28.6 Å². The van der Waals surface area contributed by atoms with Gasteiger partial charge in [0.15, 0.2) is 17.3 Å². The minimum atomic E-state index is -2.44. The van der Waals surface area contributed by atoms with Crippen molar-refractivity contribution in [3.63, 3.8) is 0 Å². The molecule has 0 unspecified atom stereocenters. The summed E-state index contributed by atoms with van der Waals surface area (Å²) in [6.07, 6.45) is -1.87. The number of carbonyl (C=O) groups excluding carboxylic acids is 2. The third-order valence-electron chi connectivity index (χ3n) is 8.83. The fourth-order valence-corrected chi connectivity index (χ4v) is 7.76. The SMILES string of the molecule is C[C@@H]1C[C@H]2[C@@H]3C[C@H](F)C4=C(F)C(=O)C=C[C@]4(C)[C@@]3(F)[C@@H](O)C[C@]2(C)[C@@]1(O)C(=O)CBr. The molecule has 0 spiro atoms. The van der Waals surface area contributed by atoms with Crippen LogP contribution in [0.2, 0.25) is 0 Å². The summed E-state index contributed by atoms with van der Waals surface area (Å²) < 4.78 is 46.8. The van der Waals surface area contributed by atoms with E-state index in [2.05, 4.69) is 15.9 Å². The first kappa shape index (κ1) is 22.2. The topological polar surface area (TPSA) is 74.6 Å². The van der Waals surface area contributed by atoms with Gasteiger partial charge in [-0.05, 0) is 44.1 Å². The van der Waals surface area contributed by atoms with E-state index < -0.39 is 81.5 Å². The molecular formula is C22H26BrF3O4. The number of halogens is 4. The molecule has 0 heterocycles. The number of aliphatic hydroxyl groups excluding tert-OH is 1. The van der Waals surface area contributed by atoms with E-state index >= 15 is 8.78 Å². The molecule has 30 heavy (non-hydrogen) atoms. The Bertz CT molecular complexity index is 890. The monoisotopic (exact) mass is 490 g/mol. The van der Waals surface area contributed by atoms with Gasteiger partial charge in [-0.1, -0.05) is 35.9 Å². The molecule has 4 rings (SSSR count). The maximum Gasteiger partial charge on any atom is 0.213 e. The fourth-order valence-electron chi connectivity index (χ4n) is 7.33. The number of carbonyl (C=O) groups is 2. The van der Waals surface area contributed by atoms with Crippen LogP contribution in [0.25, 0.3) is 0 Å².